The van der Waals surface area contributed by atoms with Gasteiger partial charge in [-0.2, -0.15) is 5.10 Å². The van der Waals surface area contributed by atoms with Crippen LogP contribution in [0.5, 0.6) is 5.75 Å². The number of amides is 3. The molecule has 0 aliphatic rings. The van der Waals surface area contributed by atoms with Gasteiger partial charge in [0.25, 0.3) is 5.91 Å². The molecule has 0 bridgehead atoms. The number of hydrogen-bond donors (Lipinski definition) is 3. The molecular weight excluding hydrogens is 444 g/mol. The largest absolute Gasteiger partial charge is 0.483 e. The van der Waals surface area contributed by atoms with Crippen LogP contribution in [0.2, 0.25) is 0 Å². The summed E-state index contributed by atoms with van der Waals surface area (Å²) in [5.41, 5.74) is 7.53. The Balaban J connectivity index is 1.50. The summed E-state index contributed by atoms with van der Waals surface area (Å²) >= 11 is 0. The molecule has 0 saturated heterocycles. The number of rotatable bonds is 8. The van der Waals surface area contributed by atoms with Crippen molar-refractivity contribution in [1.82, 2.24) is 10.7 Å². The van der Waals surface area contributed by atoms with Crippen LogP contribution in [0.1, 0.15) is 27.8 Å². The normalized spacial score (nSPS) is 10.6. The summed E-state index contributed by atoms with van der Waals surface area (Å²) in [6.07, 6.45) is 1.35. The van der Waals surface area contributed by atoms with Gasteiger partial charge in [-0.15, -0.1) is 0 Å². The van der Waals surface area contributed by atoms with Gasteiger partial charge in [-0.1, -0.05) is 54.1 Å². The third kappa shape index (κ3) is 7.53. The first-order valence-electron chi connectivity index (χ1n) is 11.1. The van der Waals surface area contributed by atoms with E-state index in [0.717, 1.165) is 27.9 Å². The zero-order valence-corrected chi connectivity index (χ0v) is 19.9. The van der Waals surface area contributed by atoms with E-state index in [1.54, 1.807) is 24.3 Å². The van der Waals surface area contributed by atoms with Crippen molar-refractivity contribution in [2.24, 2.45) is 5.10 Å². The highest BCUT2D eigenvalue weighted by atomic mass is 16.5. The molecule has 0 aromatic heterocycles. The van der Waals surface area contributed by atoms with E-state index in [0.29, 0.717) is 11.3 Å². The van der Waals surface area contributed by atoms with Crippen LogP contribution in [-0.2, 0) is 20.9 Å². The number of nitrogens with one attached hydrogen (secondary N) is 3. The highest BCUT2D eigenvalue weighted by molar-refractivity contribution is 6.35. The predicted octanol–water partition coefficient (Wildman–Crippen LogP) is 3.40. The van der Waals surface area contributed by atoms with Gasteiger partial charge in [0.1, 0.15) is 5.75 Å². The maximum atomic E-state index is 12.3. The SMILES string of the molecule is Cc1ccc(CNC(=O)C(=O)N/N=C\c2ccccc2OCC(=O)Nc2cccc(C)c2C)cc1. The second kappa shape index (κ2) is 12.1. The molecule has 0 aliphatic heterocycles. The Bertz CT molecular complexity index is 1240. The van der Waals surface area contributed by atoms with Gasteiger partial charge in [0.2, 0.25) is 0 Å². The van der Waals surface area contributed by atoms with Gasteiger partial charge in [0.05, 0.1) is 6.21 Å². The van der Waals surface area contributed by atoms with Crippen molar-refractivity contribution in [3.05, 3.63) is 94.5 Å². The molecule has 0 unspecified atom stereocenters. The number of carbonyl (C=O) groups excluding carboxylic acids is 3. The van der Waals surface area contributed by atoms with Gasteiger partial charge >= 0.3 is 11.8 Å². The fourth-order valence-electron chi connectivity index (χ4n) is 3.11. The second-order valence-electron chi connectivity index (χ2n) is 7.99. The molecule has 0 radical (unpaired) electrons. The van der Waals surface area contributed by atoms with E-state index in [1.807, 2.05) is 63.2 Å². The maximum absolute atomic E-state index is 12.3. The summed E-state index contributed by atoms with van der Waals surface area (Å²) in [7, 11) is 0. The number of hydrazone groups is 1. The molecule has 8 heteroatoms. The van der Waals surface area contributed by atoms with E-state index in [9.17, 15) is 14.4 Å². The topological polar surface area (TPSA) is 109 Å². The van der Waals surface area contributed by atoms with Crippen LogP contribution in [-0.4, -0.2) is 30.5 Å². The lowest BCUT2D eigenvalue weighted by Gasteiger charge is -2.12. The van der Waals surface area contributed by atoms with Crippen LogP contribution in [0, 0.1) is 20.8 Å². The molecule has 0 atom stereocenters. The zero-order chi connectivity index (χ0) is 25.2. The number of aryl methyl sites for hydroxylation is 2. The summed E-state index contributed by atoms with van der Waals surface area (Å²) in [6.45, 7) is 5.92. The number of anilines is 1. The van der Waals surface area contributed by atoms with E-state index in [1.165, 1.54) is 6.21 Å². The number of nitrogens with zero attached hydrogens (tertiary/aromatic N) is 1. The lowest BCUT2D eigenvalue weighted by atomic mass is 10.1. The summed E-state index contributed by atoms with van der Waals surface area (Å²) in [5.74, 6) is -1.58. The Morgan fingerprint density at radius 1 is 0.886 bits per heavy atom. The van der Waals surface area contributed by atoms with Crippen molar-refractivity contribution < 1.29 is 19.1 Å². The molecule has 35 heavy (non-hydrogen) atoms. The smallest absolute Gasteiger partial charge is 0.329 e. The fourth-order valence-corrected chi connectivity index (χ4v) is 3.11. The molecule has 3 aromatic carbocycles. The minimum Gasteiger partial charge on any atom is -0.483 e. The van der Waals surface area contributed by atoms with Crippen molar-refractivity contribution >= 4 is 29.6 Å². The number of carbonyl (C=O) groups is 3. The molecule has 0 heterocycles. The van der Waals surface area contributed by atoms with E-state index >= 15 is 0 Å². The van der Waals surface area contributed by atoms with Crippen LogP contribution in [0.3, 0.4) is 0 Å². The van der Waals surface area contributed by atoms with Crippen LogP contribution in [0.15, 0.2) is 71.8 Å². The highest BCUT2D eigenvalue weighted by Gasteiger charge is 2.12. The van der Waals surface area contributed by atoms with Crippen molar-refractivity contribution in [3.63, 3.8) is 0 Å². The van der Waals surface area contributed by atoms with Gasteiger partial charge in [0.15, 0.2) is 6.61 Å². The third-order valence-electron chi connectivity index (χ3n) is 5.31. The molecule has 3 N–H and O–H groups in total. The van der Waals surface area contributed by atoms with Crippen LogP contribution < -0.4 is 20.8 Å². The van der Waals surface area contributed by atoms with E-state index in [2.05, 4.69) is 21.2 Å². The lowest BCUT2D eigenvalue weighted by molar-refractivity contribution is -0.139. The molecule has 3 aromatic rings. The van der Waals surface area contributed by atoms with Gasteiger partial charge in [-0.25, -0.2) is 5.43 Å². The standard InChI is InChI=1S/C27H28N4O4/c1-18-11-13-21(14-12-18)15-28-26(33)27(34)31-29-16-22-8-4-5-10-24(22)35-17-25(32)30-23-9-6-7-19(2)20(23)3/h4-14,16H,15,17H2,1-3H3,(H,28,33)(H,30,32)(H,31,34)/b29-16-. The van der Waals surface area contributed by atoms with Gasteiger partial charge in [-0.3, -0.25) is 14.4 Å². The molecular formula is C27H28N4O4. The van der Waals surface area contributed by atoms with E-state index in [-0.39, 0.29) is 19.1 Å². The predicted molar refractivity (Wildman–Crippen MR) is 135 cm³/mol. The van der Waals surface area contributed by atoms with Crippen molar-refractivity contribution in [1.29, 1.82) is 0 Å². The second-order valence-corrected chi connectivity index (χ2v) is 7.99. The first-order chi connectivity index (χ1) is 16.8. The molecule has 0 spiro atoms. The lowest BCUT2D eigenvalue weighted by Crippen LogP contribution is -2.37. The summed E-state index contributed by atoms with van der Waals surface area (Å²) < 4.78 is 5.65. The molecule has 8 nitrogen and oxygen atoms in total. The van der Waals surface area contributed by atoms with Gasteiger partial charge in [-0.05, 0) is 55.7 Å². The quantitative estimate of drug-likeness (QED) is 0.265. The Kier molecular flexibility index (Phi) is 8.72. The molecule has 0 saturated carbocycles. The minimum atomic E-state index is -0.889. The monoisotopic (exact) mass is 472 g/mol. The molecule has 3 rings (SSSR count). The average Bonchev–Trinajstić information content (AvgIpc) is 2.85. The molecule has 0 fully saturated rings. The fraction of sp³-hybridized carbons (Fsp3) is 0.185. The van der Waals surface area contributed by atoms with Crippen LogP contribution >= 0.6 is 0 Å². The minimum absolute atomic E-state index is 0.202. The maximum Gasteiger partial charge on any atom is 0.329 e. The van der Waals surface area contributed by atoms with Gasteiger partial charge in [0, 0.05) is 17.8 Å². The molecule has 180 valence electrons. The third-order valence-corrected chi connectivity index (χ3v) is 5.31. The van der Waals surface area contributed by atoms with Crippen molar-refractivity contribution in [2.45, 2.75) is 27.3 Å². The summed E-state index contributed by atoms with van der Waals surface area (Å²) in [5, 5.41) is 9.22. The Morgan fingerprint density at radius 2 is 1.63 bits per heavy atom. The average molecular weight is 473 g/mol. The first kappa shape index (κ1) is 25.2. The van der Waals surface area contributed by atoms with Crippen LogP contribution in [0.4, 0.5) is 5.69 Å². The Hall–Kier alpha value is -4.46. The Morgan fingerprint density at radius 3 is 2.40 bits per heavy atom. The first-order valence-corrected chi connectivity index (χ1v) is 11.1. The molecule has 3 amide bonds. The summed E-state index contributed by atoms with van der Waals surface area (Å²) in [4.78, 5) is 36.4. The number of benzene rings is 3. The molecule has 0 aliphatic carbocycles. The van der Waals surface area contributed by atoms with E-state index in [4.69, 9.17) is 4.74 Å². The van der Waals surface area contributed by atoms with Crippen molar-refractivity contribution in [3.8, 4) is 5.75 Å². The highest BCUT2D eigenvalue weighted by Crippen LogP contribution is 2.19. The summed E-state index contributed by atoms with van der Waals surface area (Å²) in [6, 6.07) is 20.2. The number of para-hydroxylation sites is 1. The number of hydrogen-bond acceptors (Lipinski definition) is 5. The van der Waals surface area contributed by atoms with Crippen LogP contribution in [0.25, 0.3) is 0 Å². The van der Waals surface area contributed by atoms with Crippen molar-refractivity contribution in [2.75, 3.05) is 11.9 Å². The Labute approximate surface area is 204 Å². The van der Waals surface area contributed by atoms with E-state index < -0.39 is 11.8 Å². The number of ether oxygens (including phenoxy) is 1. The van der Waals surface area contributed by atoms with Gasteiger partial charge < -0.3 is 15.4 Å². The zero-order valence-electron chi connectivity index (χ0n) is 19.9.